The number of carboxylic acid groups (broad SMARTS) is 1. The predicted molar refractivity (Wildman–Crippen MR) is 111 cm³/mol. The molecular weight excluding hydrogens is 512 g/mol. The van der Waals surface area contributed by atoms with Crippen LogP contribution in [0.15, 0.2) is 47.7 Å². The van der Waals surface area contributed by atoms with Crippen molar-refractivity contribution in [2.24, 2.45) is 7.05 Å². The molecule has 6 nitrogen and oxygen atoms in total. The van der Waals surface area contributed by atoms with Crippen LogP contribution in [0.4, 0.5) is 10.1 Å². The predicted octanol–water partition coefficient (Wildman–Crippen LogP) is -0.00390. The molecule has 2 aromatic heterocycles. The fraction of sp³-hybridized carbons (Fsp3) is 0.348. The first kappa shape index (κ1) is 21.7. The second-order valence-electron chi connectivity index (χ2n) is 8.37. The maximum atomic E-state index is 15.1. The van der Waals surface area contributed by atoms with Gasteiger partial charge in [-0.1, -0.05) is 0 Å². The molecule has 3 aromatic rings. The number of nitrogens with zero attached hydrogens (tertiary/aromatic N) is 3. The molecule has 0 amide bonds. The van der Waals surface area contributed by atoms with Gasteiger partial charge < -0.3 is 38.6 Å². The van der Waals surface area contributed by atoms with Gasteiger partial charge in [0.25, 0.3) is 0 Å². The average Bonchev–Trinajstić information content (AvgIpc) is 3.44. The molecule has 2 fully saturated rings. The van der Waals surface area contributed by atoms with E-state index in [1.807, 2.05) is 33.3 Å². The summed E-state index contributed by atoms with van der Waals surface area (Å²) in [6, 6.07) is 7.23. The van der Waals surface area contributed by atoms with Gasteiger partial charge in [0, 0.05) is 48.3 Å². The summed E-state index contributed by atoms with van der Waals surface area (Å²) in [6.07, 6.45) is 8.30. The third-order valence-electron chi connectivity index (χ3n) is 6.23. The van der Waals surface area contributed by atoms with Gasteiger partial charge in [0.1, 0.15) is 18.4 Å². The Morgan fingerprint density at radius 1 is 1.26 bits per heavy atom. The highest BCUT2D eigenvalue weighted by Crippen LogP contribution is 2.39. The fourth-order valence-electron chi connectivity index (χ4n) is 4.51. The first-order valence-corrected chi connectivity index (χ1v) is 10.2. The Hall–Kier alpha value is -2.49. The lowest BCUT2D eigenvalue weighted by Crippen LogP contribution is -3.00. The molecule has 1 saturated heterocycles. The van der Waals surface area contributed by atoms with Gasteiger partial charge in [-0.15, -0.1) is 0 Å². The van der Waals surface area contributed by atoms with E-state index in [0.717, 1.165) is 25.8 Å². The molecule has 1 aromatic carbocycles. The first-order valence-electron chi connectivity index (χ1n) is 10.2. The summed E-state index contributed by atoms with van der Waals surface area (Å²) >= 11 is 0. The molecule has 1 aliphatic carbocycles. The van der Waals surface area contributed by atoms with Crippen molar-refractivity contribution in [2.45, 2.75) is 31.2 Å². The van der Waals surface area contributed by atoms with Crippen LogP contribution in [0.1, 0.15) is 47.1 Å². The summed E-state index contributed by atoms with van der Waals surface area (Å²) in [6.45, 7) is 1.43. The third kappa shape index (κ3) is 3.93. The van der Waals surface area contributed by atoms with Gasteiger partial charge in [-0.05, 0) is 37.5 Å². The van der Waals surface area contributed by atoms with Crippen molar-refractivity contribution in [3.8, 4) is 0 Å². The third-order valence-corrected chi connectivity index (χ3v) is 6.23. The van der Waals surface area contributed by atoms with E-state index in [1.165, 1.54) is 17.8 Å². The van der Waals surface area contributed by atoms with Crippen molar-refractivity contribution in [3.63, 3.8) is 0 Å². The first-order chi connectivity index (χ1) is 14.4. The standard InChI is InChI=1S/C23H22FN3O3.HI/c1-25-7-2-3-14(11-25)15-6-8-26(12-15)21-10-20-17(9-19(21)24)22(28)18(23(29)30)13-27(20)16-4-5-16;/h2-3,7,9-11,13,15-16H,4-6,8,12H2,1H3;1H. The molecule has 0 radical (unpaired) electrons. The van der Waals surface area contributed by atoms with E-state index >= 15 is 4.39 Å². The number of aromatic nitrogens is 2. The number of pyridine rings is 2. The fourth-order valence-corrected chi connectivity index (χ4v) is 4.51. The second kappa shape index (κ2) is 8.22. The minimum absolute atomic E-state index is 0. The van der Waals surface area contributed by atoms with Gasteiger partial charge in [-0.2, -0.15) is 0 Å². The van der Waals surface area contributed by atoms with Crippen molar-refractivity contribution >= 4 is 22.6 Å². The van der Waals surface area contributed by atoms with E-state index in [0.29, 0.717) is 23.7 Å². The number of carboxylic acids is 1. The summed E-state index contributed by atoms with van der Waals surface area (Å²) in [4.78, 5) is 26.2. The average molecular weight is 535 g/mol. The zero-order valence-electron chi connectivity index (χ0n) is 17.1. The van der Waals surface area contributed by atoms with E-state index in [-0.39, 0.29) is 41.0 Å². The number of aromatic carboxylic acids is 1. The summed E-state index contributed by atoms with van der Waals surface area (Å²) in [5.74, 6) is -1.45. The smallest absolute Gasteiger partial charge is 0.341 e. The molecule has 3 heterocycles. The summed E-state index contributed by atoms with van der Waals surface area (Å²) < 4.78 is 18.9. The number of carbonyl (C=O) groups is 1. The van der Waals surface area contributed by atoms with Gasteiger partial charge in [0.2, 0.25) is 5.43 Å². The highest BCUT2D eigenvalue weighted by Gasteiger charge is 2.30. The molecule has 1 N–H and O–H groups in total. The van der Waals surface area contributed by atoms with E-state index in [1.54, 1.807) is 6.07 Å². The Morgan fingerprint density at radius 3 is 2.71 bits per heavy atom. The Labute approximate surface area is 195 Å². The van der Waals surface area contributed by atoms with Crippen molar-refractivity contribution in [1.82, 2.24) is 4.57 Å². The summed E-state index contributed by atoms with van der Waals surface area (Å²) in [7, 11) is 1.99. The molecule has 5 rings (SSSR count). The lowest BCUT2D eigenvalue weighted by Gasteiger charge is -2.21. The normalized spacial score (nSPS) is 18.3. The lowest BCUT2D eigenvalue weighted by atomic mass is 10.0. The zero-order valence-corrected chi connectivity index (χ0v) is 19.3. The van der Waals surface area contributed by atoms with Gasteiger partial charge in [-0.3, -0.25) is 4.79 Å². The Morgan fingerprint density at radius 2 is 2.03 bits per heavy atom. The van der Waals surface area contributed by atoms with Gasteiger partial charge >= 0.3 is 5.97 Å². The van der Waals surface area contributed by atoms with E-state index in [2.05, 4.69) is 12.3 Å². The maximum Gasteiger partial charge on any atom is 0.341 e. The SMILES string of the molecule is C[n+]1cccc(C2CCN(c3cc4c(cc3F)c(=O)c(C(=O)O)cn4C3CC3)C2)c1.[I-]. The van der Waals surface area contributed by atoms with Crippen LogP contribution in [0.25, 0.3) is 10.9 Å². The Kier molecular flexibility index (Phi) is 5.76. The number of benzene rings is 1. The lowest BCUT2D eigenvalue weighted by molar-refractivity contribution is -0.672. The van der Waals surface area contributed by atoms with Crippen molar-refractivity contribution < 1.29 is 42.8 Å². The van der Waals surface area contributed by atoms with E-state index in [9.17, 15) is 14.7 Å². The Bertz CT molecular complexity index is 1240. The van der Waals surface area contributed by atoms with Crippen LogP contribution >= 0.6 is 0 Å². The molecule has 1 aliphatic heterocycles. The quantitative estimate of drug-likeness (QED) is 0.378. The minimum Gasteiger partial charge on any atom is -1.00 e. The molecule has 1 saturated carbocycles. The number of aryl methyl sites for hydroxylation is 1. The number of anilines is 1. The minimum atomic E-state index is -1.28. The van der Waals surface area contributed by atoms with E-state index < -0.39 is 17.2 Å². The molecule has 0 bridgehead atoms. The number of rotatable bonds is 4. The molecule has 1 unspecified atom stereocenters. The number of hydrogen-bond donors (Lipinski definition) is 1. The molecule has 31 heavy (non-hydrogen) atoms. The summed E-state index contributed by atoms with van der Waals surface area (Å²) in [5.41, 5.74) is 1.38. The van der Waals surface area contributed by atoms with Gasteiger partial charge in [0.05, 0.1) is 11.2 Å². The molecule has 2 aliphatic rings. The van der Waals surface area contributed by atoms with Crippen molar-refractivity contribution in [3.05, 3.63) is 70.0 Å². The largest absolute Gasteiger partial charge is 1.00 e. The Balaban J connectivity index is 0.00000231. The van der Waals surface area contributed by atoms with E-state index in [4.69, 9.17) is 0 Å². The van der Waals surface area contributed by atoms with Crippen LogP contribution in [0.5, 0.6) is 0 Å². The van der Waals surface area contributed by atoms with Crippen LogP contribution in [0.2, 0.25) is 0 Å². The number of halogens is 2. The van der Waals surface area contributed by atoms with Crippen LogP contribution in [0, 0.1) is 5.82 Å². The van der Waals surface area contributed by atoms with Gasteiger partial charge in [-0.25, -0.2) is 13.8 Å². The summed E-state index contributed by atoms with van der Waals surface area (Å²) in [5, 5.41) is 9.52. The highest BCUT2D eigenvalue weighted by atomic mass is 127. The molecule has 1 atom stereocenters. The second-order valence-corrected chi connectivity index (χ2v) is 8.37. The van der Waals surface area contributed by atoms with Crippen LogP contribution in [0.3, 0.4) is 0 Å². The number of fused-ring (bicyclic) bond motifs is 1. The topological polar surface area (TPSA) is 66.4 Å². The maximum absolute atomic E-state index is 15.1. The zero-order chi connectivity index (χ0) is 21.0. The molecule has 8 heteroatoms. The molecule has 162 valence electrons. The highest BCUT2D eigenvalue weighted by molar-refractivity contribution is 5.93. The van der Waals surface area contributed by atoms with Crippen molar-refractivity contribution in [2.75, 3.05) is 18.0 Å². The van der Waals surface area contributed by atoms with Crippen LogP contribution in [-0.4, -0.2) is 28.7 Å². The monoisotopic (exact) mass is 535 g/mol. The molecular formula is C23H23FIN3O3. The number of hydrogen-bond acceptors (Lipinski definition) is 3. The van der Waals surface area contributed by atoms with Crippen molar-refractivity contribution in [1.29, 1.82) is 0 Å². The van der Waals surface area contributed by atoms with Crippen LogP contribution < -0.4 is 38.9 Å². The van der Waals surface area contributed by atoms with Gasteiger partial charge in [0.15, 0.2) is 12.4 Å². The van der Waals surface area contributed by atoms with Crippen LogP contribution in [-0.2, 0) is 7.05 Å². The molecule has 0 spiro atoms.